The molecule has 6 heteroatoms. The van der Waals surface area contributed by atoms with Gasteiger partial charge in [-0.2, -0.15) is 0 Å². The Balaban J connectivity index is 1.64. The van der Waals surface area contributed by atoms with Gasteiger partial charge in [0.15, 0.2) is 5.82 Å². The predicted molar refractivity (Wildman–Crippen MR) is 75.9 cm³/mol. The molecule has 3 aromatic rings. The van der Waals surface area contributed by atoms with Crippen molar-refractivity contribution in [1.82, 2.24) is 19.7 Å². The molecule has 0 fully saturated rings. The van der Waals surface area contributed by atoms with Crippen molar-refractivity contribution in [1.29, 1.82) is 0 Å². The van der Waals surface area contributed by atoms with Crippen molar-refractivity contribution in [3.8, 4) is 11.4 Å². The minimum atomic E-state index is -0.0800. The van der Waals surface area contributed by atoms with E-state index in [2.05, 4.69) is 15.1 Å². The molecule has 1 N–H and O–H groups in total. The molecule has 0 atom stereocenters. The number of rotatable bonds is 5. The standard InChI is InChI=1S/C15H14N4O2/c20-9-12-6-7-14(8-16-12)21-10-15-17-11-19(18-15)13-4-2-1-3-5-13/h1-8,11,20H,9-10H2. The van der Waals surface area contributed by atoms with E-state index < -0.39 is 0 Å². The fraction of sp³-hybridized carbons (Fsp3) is 0.133. The monoisotopic (exact) mass is 282 g/mol. The minimum absolute atomic E-state index is 0.0800. The molecule has 0 aliphatic heterocycles. The van der Waals surface area contributed by atoms with E-state index in [1.54, 1.807) is 29.3 Å². The van der Waals surface area contributed by atoms with Crippen molar-refractivity contribution in [3.05, 3.63) is 66.5 Å². The van der Waals surface area contributed by atoms with Gasteiger partial charge in [0.05, 0.1) is 24.2 Å². The molecule has 0 saturated heterocycles. The van der Waals surface area contributed by atoms with Crippen LogP contribution in [0.4, 0.5) is 0 Å². The Morgan fingerprint density at radius 2 is 1.90 bits per heavy atom. The van der Waals surface area contributed by atoms with E-state index in [4.69, 9.17) is 9.84 Å². The lowest BCUT2D eigenvalue weighted by atomic mass is 10.3. The Morgan fingerprint density at radius 3 is 2.62 bits per heavy atom. The molecule has 0 bridgehead atoms. The van der Waals surface area contributed by atoms with Gasteiger partial charge >= 0.3 is 0 Å². The number of aliphatic hydroxyl groups is 1. The van der Waals surface area contributed by atoms with Crippen LogP contribution in [0.3, 0.4) is 0 Å². The Hall–Kier alpha value is -2.73. The van der Waals surface area contributed by atoms with Crippen LogP contribution in [0.5, 0.6) is 5.75 Å². The van der Waals surface area contributed by atoms with E-state index in [1.165, 1.54) is 0 Å². The van der Waals surface area contributed by atoms with Crippen LogP contribution in [0.1, 0.15) is 11.5 Å². The summed E-state index contributed by atoms with van der Waals surface area (Å²) in [7, 11) is 0. The van der Waals surface area contributed by atoms with Crippen molar-refractivity contribution < 1.29 is 9.84 Å². The lowest BCUT2D eigenvalue weighted by Gasteiger charge is -2.03. The summed E-state index contributed by atoms with van der Waals surface area (Å²) in [5.74, 6) is 1.20. The number of pyridine rings is 1. The summed E-state index contributed by atoms with van der Waals surface area (Å²) in [6.45, 7) is 0.184. The zero-order valence-corrected chi connectivity index (χ0v) is 11.3. The summed E-state index contributed by atoms with van der Waals surface area (Å²) in [4.78, 5) is 8.25. The Morgan fingerprint density at radius 1 is 1.05 bits per heavy atom. The molecule has 2 heterocycles. The van der Waals surface area contributed by atoms with E-state index in [0.29, 0.717) is 17.3 Å². The van der Waals surface area contributed by atoms with Gasteiger partial charge in [0.25, 0.3) is 0 Å². The van der Waals surface area contributed by atoms with E-state index >= 15 is 0 Å². The van der Waals surface area contributed by atoms with Crippen molar-refractivity contribution in [2.24, 2.45) is 0 Å². The maximum Gasteiger partial charge on any atom is 0.188 e. The minimum Gasteiger partial charge on any atom is -0.484 e. The second-order valence-electron chi connectivity index (χ2n) is 4.37. The van der Waals surface area contributed by atoms with E-state index in [9.17, 15) is 0 Å². The second-order valence-corrected chi connectivity index (χ2v) is 4.37. The van der Waals surface area contributed by atoms with Crippen LogP contribution >= 0.6 is 0 Å². The van der Waals surface area contributed by atoms with Gasteiger partial charge in [0.2, 0.25) is 0 Å². The van der Waals surface area contributed by atoms with Gasteiger partial charge in [0, 0.05) is 0 Å². The van der Waals surface area contributed by atoms with Crippen molar-refractivity contribution >= 4 is 0 Å². The highest BCUT2D eigenvalue weighted by atomic mass is 16.5. The molecule has 2 aromatic heterocycles. The van der Waals surface area contributed by atoms with Crippen LogP contribution in [-0.2, 0) is 13.2 Å². The fourth-order valence-corrected chi connectivity index (χ4v) is 1.81. The smallest absolute Gasteiger partial charge is 0.188 e. The van der Waals surface area contributed by atoms with Gasteiger partial charge in [-0.1, -0.05) is 18.2 Å². The third-order valence-electron chi connectivity index (χ3n) is 2.89. The quantitative estimate of drug-likeness (QED) is 0.771. The molecule has 6 nitrogen and oxygen atoms in total. The number of hydrogen-bond acceptors (Lipinski definition) is 5. The predicted octanol–water partition coefficient (Wildman–Crippen LogP) is 1.73. The van der Waals surface area contributed by atoms with Gasteiger partial charge < -0.3 is 9.84 Å². The molecule has 21 heavy (non-hydrogen) atoms. The molecule has 1 aromatic carbocycles. The molecular weight excluding hydrogens is 268 g/mol. The molecule has 3 rings (SSSR count). The van der Waals surface area contributed by atoms with Crippen LogP contribution in [0.25, 0.3) is 5.69 Å². The van der Waals surface area contributed by atoms with E-state index in [0.717, 1.165) is 5.69 Å². The number of ether oxygens (including phenoxy) is 1. The van der Waals surface area contributed by atoms with Gasteiger partial charge in [-0.25, -0.2) is 9.67 Å². The lowest BCUT2D eigenvalue weighted by molar-refractivity contribution is 0.274. The molecular formula is C15H14N4O2. The first kappa shape index (κ1) is 13.3. The average molecular weight is 282 g/mol. The normalized spacial score (nSPS) is 10.5. The highest BCUT2D eigenvalue weighted by Gasteiger charge is 2.04. The van der Waals surface area contributed by atoms with Crippen LogP contribution in [0.2, 0.25) is 0 Å². The Bertz CT molecular complexity index is 695. The average Bonchev–Trinajstić information content (AvgIpc) is 3.03. The summed E-state index contributed by atoms with van der Waals surface area (Å²) < 4.78 is 7.26. The largest absolute Gasteiger partial charge is 0.484 e. The number of para-hydroxylation sites is 1. The number of aliphatic hydroxyl groups excluding tert-OH is 1. The highest BCUT2D eigenvalue weighted by molar-refractivity contribution is 5.29. The van der Waals surface area contributed by atoms with Gasteiger partial charge in [-0.05, 0) is 24.3 Å². The molecule has 0 aliphatic carbocycles. The summed E-state index contributed by atoms with van der Waals surface area (Å²) in [5, 5.41) is 13.3. The summed E-state index contributed by atoms with van der Waals surface area (Å²) in [6, 6.07) is 13.2. The van der Waals surface area contributed by atoms with Gasteiger partial charge in [-0.3, -0.25) is 4.98 Å². The number of hydrogen-bond donors (Lipinski definition) is 1. The van der Waals surface area contributed by atoms with Crippen LogP contribution in [0.15, 0.2) is 55.0 Å². The first-order chi connectivity index (χ1) is 10.3. The molecule has 0 spiro atoms. The van der Waals surface area contributed by atoms with Crippen LogP contribution in [0, 0.1) is 0 Å². The second kappa shape index (κ2) is 6.15. The molecule has 0 amide bonds. The van der Waals surface area contributed by atoms with Crippen LogP contribution in [-0.4, -0.2) is 24.9 Å². The van der Waals surface area contributed by atoms with Crippen molar-refractivity contribution in [2.45, 2.75) is 13.2 Å². The Kier molecular flexibility index (Phi) is 3.88. The zero-order valence-electron chi connectivity index (χ0n) is 11.3. The SMILES string of the molecule is OCc1ccc(OCc2ncn(-c3ccccc3)n2)cn1. The van der Waals surface area contributed by atoms with Crippen molar-refractivity contribution in [3.63, 3.8) is 0 Å². The van der Waals surface area contributed by atoms with Crippen LogP contribution < -0.4 is 4.74 Å². The highest BCUT2D eigenvalue weighted by Crippen LogP contribution is 2.11. The summed E-state index contributed by atoms with van der Waals surface area (Å²) in [6.07, 6.45) is 3.22. The van der Waals surface area contributed by atoms with Crippen molar-refractivity contribution in [2.75, 3.05) is 0 Å². The van der Waals surface area contributed by atoms with Gasteiger partial charge in [0.1, 0.15) is 18.7 Å². The third-order valence-corrected chi connectivity index (χ3v) is 2.89. The number of aromatic nitrogens is 4. The first-order valence-corrected chi connectivity index (χ1v) is 6.50. The molecule has 0 aliphatic rings. The maximum atomic E-state index is 8.92. The Labute approximate surface area is 121 Å². The lowest BCUT2D eigenvalue weighted by Crippen LogP contribution is -2.01. The van der Waals surface area contributed by atoms with Gasteiger partial charge in [-0.15, -0.1) is 5.10 Å². The molecule has 0 unspecified atom stereocenters. The summed E-state index contributed by atoms with van der Waals surface area (Å²) >= 11 is 0. The number of benzene rings is 1. The first-order valence-electron chi connectivity index (χ1n) is 6.50. The van der Waals surface area contributed by atoms with E-state index in [-0.39, 0.29) is 13.2 Å². The third kappa shape index (κ3) is 3.24. The molecule has 0 radical (unpaired) electrons. The van der Waals surface area contributed by atoms with E-state index in [1.807, 2.05) is 30.3 Å². The number of nitrogens with zero attached hydrogens (tertiary/aromatic N) is 4. The fourth-order valence-electron chi connectivity index (χ4n) is 1.81. The topological polar surface area (TPSA) is 73.1 Å². The summed E-state index contributed by atoms with van der Waals surface area (Å²) in [5.41, 5.74) is 1.55. The molecule has 106 valence electrons. The molecule has 0 saturated carbocycles. The zero-order chi connectivity index (χ0) is 14.5. The maximum absolute atomic E-state index is 8.92.